The molecule has 0 aliphatic carbocycles. The van der Waals surface area contributed by atoms with Gasteiger partial charge in [-0.25, -0.2) is 0 Å². The van der Waals surface area contributed by atoms with Crippen molar-refractivity contribution in [3.8, 4) is 17.2 Å². The summed E-state index contributed by atoms with van der Waals surface area (Å²) in [7, 11) is 4.59. The Bertz CT molecular complexity index is 994. The summed E-state index contributed by atoms with van der Waals surface area (Å²) >= 11 is 0. The van der Waals surface area contributed by atoms with Crippen molar-refractivity contribution in [2.45, 2.75) is 25.7 Å². The van der Waals surface area contributed by atoms with Crippen LogP contribution in [-0.2, 0) is 9.59 Å². The largest absolute Gasteiger partial charge is 0.493 e. The first-order valence-corrected chi connectivity index (χ1v) is 11.3. The number of nitrogens with zero attached hydrogens (tertiary/aromatic N) is 2. The summed E-state index contributed by atoms with van der Waals surface area (Å²) in [5, 5.41) is 3.08. The van der Waals surface area contributed by atoms with Gasteiger partial charge in [-0.2, -0.15) is 0 Å². The highest BCUT2D eigenvalue weighted by molar-refractivity contribution is 6.04. The maximum Gasteiger partial charge on any atom is 0.229 e. The Morgan fingerprint density at radius 3 is 2.27 bits per heavy atom. The molecule has 0 aromatic heterocycles. The Morgan fingerprint density at radius 1 is 0.970 bits per heavy atom. The molecule has 33 heavy (non-hydrogen) atoms. The van der Waals surface area contributed by atoms with Crippen LogP contribution in [0.5, 0.6) is 17.2 Å². The molecule has 8 nitrogen and oxygen atoms in total. The van der Waals surface area contributed by atoms with Gasteiger partial charge < -0.3 is 29.3 Å². The van der Waals surface area contributed by atoms with E-state index in [9.17, 15) is 9.59 Å². The van der Waals surface area contributed by atoms with E-state index in [0.29, 0.717) is 22.9 Å². The summed E-state index contributed by atoms with van der Waals surface area (Å²) in [4.78, 5) is 29.9. The molecule has 0 bridgehead atoms. The molecule has 8 heteroatoms. The molecular formula is C25H31N3O5. The Morgan fingerprint density at radius 2 is 1.64 bits per heavy atom. The zero-order chi connectivity index (χ0) is 23.4. The zero-order valence-corrected chi connectivity index (χ0v) is 19.4. The zero-order valence-electron chi connectivity index (χ0n) is 19.4. The second kappa shape index (κ2) is 10.0. The van der Waals surface area contributed by atoms with Crippen LogP contribution in [0.15, 0.2) is 36.4 Å². The Hall–Kier alpha value is -3.42. The normalized spacial score (nSPS) is 18.3. The number of hydrogen-bond donors (Lipinski definition) is 1. The minimum absolute atomic E-state index is 0.117. The number of nitrogens with one attached hydrogen (secondary N) is 1. The van der Waals surface area contributed by atoms with Gasteiger partial charge in [-0.15, -0.1) is 0 Å². The van der Waals surface area contributed by atoms with Gasteiger partial charge in [0.25, 0.3) is 0 Å². The Balaban J connectivity index is 1.51. The first-order valence-electron chi connectivity index (χ1n) is 11.3. The Kier molecular flexibility index (Phi) is 6.91. The molecule has 2 heterocycles. The topological polar surface area (TPSA) is 80.3 Å². The lowest BCUT2D eigenvalue weighted by Crippen LogP contribution is -2.31. The maximum atomic E-state index is 13.1. The van der Waals surface area contributed by atoms with Gasteiger partial charge in [-0.3, -0.25) is 9.59 Å². The van der Waals surface area contributed by atoms with Gasteiger partial charge in [0.1, 0.15) is 0 Å². The molecule has 2 amide bonds. The molecule has 1 atom stereocenters. The number of carbonyl (C=O) groups is 2. The van der Waals surface area contributed by atoms with E-state index in [1.807, 2.05) is 24.3 Å². The van der Waals surface area contributed by atoms with Crippen molar-refractivity contribution in [2.75, 3.05) is 56.1 Å². The fourth-order valence-corrected chi connectivity index (χ4v) is 4.58. The van der Waals surface area contributed by atoms with E-state index in [1.54, 1.807) is 17.0 Å². The van der Waals surface area contributed by atoms with E-state index in [4.69, 9.17) is 14.2 Å². The summed E-state index contributed by atoms with van der Waals surface area (Å²) < 4.78 is 16.2. The lowest BCUT2D eigenvalue weighted by molar-refractivity contribution is -0.122. The number of para-hydroxylation sites is 2. The summed E-state index contributed by atoms with van der Waals surface area (Å²) in [6.45, 7) is 2.27. The molecule has 0 unspecified atom stereocenters. The Labute approximate surface area is 194 Å². The van der Waals surface area contributed by atoms with Crippen LogP contribution in [0.3, 0.4) is 0 Å². The smallest absolute Gasteiger partial charge is 0.229 e. The number of anilines is 3. The predicted molar refractivity (Wildman–Crippen MR) is 128 cm³/mol. The average molecular weight is 454 g/mol. The van der Waals surface area contributed by atoms with E-state index in [1.165, 1.54) is 27.8 Å². The molecule has 2 aliphatic rings. The van der Waals surface area contributed by atoms with E-state index in [-0.39, 0.29) is 24.8 Å². The number of rotatable bonds is 7. The van der Waals surface area contributed by atoms with Crippen LogP contribution in [0, 0.1) is 5.92 Å². The molecule has 0 spiro atoms. The number of ether oxygens (including phenoxy) is 3. The number of methoxy groups -OCH3 is 3. The molecule has 2 aromatic carbocycles. The van der Waals surface area contributed by atoms with Gasteiger partial charge in [-0.1, -0.05) is 12.1 Å². The van der Waals surface area contributed by atoms with Gasteiger partial charge in [0, 0.05) is 38.2 Å². The van der Waals surface area contributed by atoms with Crippen LogP contribution < -0.4 is 29.3 Å². The van der Waals surface area contributed by atoms with Crippen molar-refractivity contribution in [3.05, 3.63) is 36.4 Å². The highest BCUT2D eigenvalue weighted by Gasteiger charge is 2.36. The number of piperidine rings is 1. The monoisotopic (exact) mass is 453 g/mol. The summed E-state index contributed by atoms with van der Waals surface area (Å²) in [5.74, 6) is 0.660. The predicted octanol–water partition coefficient (Wildman–Crippen LogP) is 3.69. The van der Waals surface area contributed by atoms with Crippen LogP contribution in [0.1, 0.15) is 25.7 Å². The second-order valence-electron chi connectivity index (χ2n) is 8.34. The van der Waals surface area contributed by atoms with Crippen LogP contribution >= 0.6 is 0 Å². The van der Waals surface area contributed by atoms with E-state index >= 15 is 0 Å². The third-order valence-corrected chi connectivity index (χ3v) is 6.32. The summed E-state index contributed by atoms with van der Waals surface area (Å²) in [6.07, 6.45) is 3.70. The minimum Gasteiger partial charge on any atom is -0.493 e. The fraction of sp³-hybridized carbons (Fsp3) is 0.440. The van der Waals surface area contributed by atoms with Crippen molar-refractivity contribution in [1.29, 1.82) is 0 Å². The number of carbonyl (C=O) groups excluding carboxylic acids is 2. The highest BCUT2D eigenvalue weighted by atomic mass is 16.5. The van der Waals surface area contributed by atoms with Crippen molar-refractivity contribution >= 4 is 28.9 Å². The lowest BCUT2D eigenvalue weighted by Gasteiger charge is -2.30. The quantitative estimate of drug-likeness (QED) is 0.689. The first kappa shape index (κ1) is 22.8. The van der Waals surface area contributed by atoms with E-state index < -0.39 is 5.92 Å². The average Bonchev–Trinajstić information content (AvgIpc) is 3.25. The fourth-order valence-electron chi connectivity index (χ4n) is 4.58. The van der Waals surface area contributed by atoms with Gasteiger partial charge in [-0.05, 0) is 31.4 Å². The third-order valence-electron chi connectivity index (χ3n) is 6.32. The summed E-state index contributed by atoms with van der Waals surface area (Å²) in [5.41, 5.74) is 2.44. The minimum atomic E-state index is -0.453. The van der Waals surface area contributed by atoms with Gasteiger partial charge in [0.05, 0.1) is 44.3 Å². The molecule has 2 aliphatic heterocycles. The molecular weight excluding hydrogens is 422 g/mol. The molecule has 2 saturated heterocycles. The van der Waals surface area contributed by atoms with Crippen LogP contribution in [-0.4, -0.2) is 52.8 Å². The lowest BCUT2D eigenvalue weighted by atomic mass is 10.1. The van der Waals surface area contributed by atoms with Crippen LogP contribution in [0.25, 0.3) is 0 Å². The molecule has 0 saturated carbocycles. The third kappa shape index (κ3) is 4.69. The van der Waals surface area contributed by atoms with E-state index in [2.05, 4.69) is 10.2 Å². The van der Waals surface area contributed by atoms with Crippen LogP contribution in [0.2, 0.25) is 0 Å². The number of hydrogen-bond acceptors (Lipinski definition) is 6. The number of amides is 2. The SMILES string of the molecule is COc1cc(N2C[C@@H](C(=O)Nc3ccccc3N3CCCCC3)CC2=O)cc(OC)c1OC. The van der Waals surface area contributed by atoms with Crippen molar-refractivity contribution < 1.29 is 23.8 Å². The van der Waals surface area contributed by atoms with Crippen LogP contribution in [0.4, 0.5) is 17.1 Å². The number of benzene rings is 2. The molecule has 0 radical (unpaired) electrons. The molecule has 4 rings (SSSR count). The molecule has 2 fully saturated rings. The maximum absolute atomic E-state index is 13.1. The molecule has 1 N–H and O–H groups in total. The van der Waals surface area contributed by atoms with Crippen molar-refractivity contribution in [1.82, 2.24) is 0 Å². The molecule has 2 aromatic rings. The summed E-state index contributed by atoms with van der Waals surface area (Å²) in [6, 6.07) is 11.3. The standard InChI is InChI=1S/C25H31N3O5/c1-31-21-14-18(15-22(32-2)24(21)33-3)28-16-17(13-23(28)29)25(30)26-19-9-5-6-10-20(19)27-11-7-4-8-12-27/h5-6,9-10,14-15,17H,4,7-8,11-13,16H2,1-3H3,(H,26,30)/t17-/m0/s1. The van der Waals surface area contributed by atoms with Gasteiger partial charge in [0.2, 0.25) is 17.6 Å². The molecule has 176 valence electrons. The van der Waals surface area contributed by atoms with Gasteiger partial charge >= 0.3 is 0 Å². The first-order chi connectivity index (χ1) is 16.0. The highest BCUT2D eigenvalue weighted by Crippen LogP contribution is 2.42. The van der Waals surface area contributed by atoms with Gasteiger partial charge in [0.15, 0.2) is 11.5 Å². The van der Waals surface area contributed by atoms with Crippen molar-refractivity contribution in [3.63, 3.8) is 0 Å². The van der Waals surface area contributed by atoms with Crippen molar-refractivity contribution in [2.24, 2.45) is 5.92 Å². The van der Waals surface area contributed by atoms with E-state index in [0.717, 1.165) is 37.3 Å². The second-order valence-corrected chi connectivity index (χ2v) is 8.34.